The van der Waals surface area contributed by atoms with E-state index in [-0.39, 0.29) is 0 Å². The Bertz CT molecular complexity index is 2100. The Balaban J connectivity index is 1.40. The predicted molar refractivity (Wildman–Crippen MR) is 156 cm³/mol. The Hall–Kier alpha value is -5.42. The van der Waals surface area contributed by atoms with Crippen LogP contribution in [0.4, 0.5) is 0 Å². The van der Waals surface area contributed by atoms with E-state index in [1.807, 2.05) is 72.8 Å². The fourth-order valence-electron chi connectivity index (χ4n) is 5.22. The van der Waals surface area contributed by atoms with E-state index in [1.54, 1.807) is 0 Å². The summed E-state index contributed by atoms with van der Waals surface area (Å²) in [7, 11) is 0. The quantitative estimate of drug-likeness (QED) is 0.243. The molecule has 0 bridgehead atoms. The molecule has 3 heterocycles. The molecule has 0 atom stereocenters. The third-order valence-corrected chi connectivity index (χ3v) is 7.11. The zero-order valence-electron chi connectivity index (χ0n) is 20.7. The summed E-state index contributed by atoms with van der Waals surface area (Å²) in [5, 5.41) is 5.38. The van der Waals surface area contributed by atoms with Crippen LogP contribution in [0.2, 0.25) is 0 Å². The standard InChI is InChI=1S/C34H20N4O/c1-2-10-23-20-24(17-16-21(23)8-1)32-36-33(26-12-7-15-30-31(26)25-11-4-6-14-29(25)39-30)38-34(37-32)28-19-18-22-9-3-5-13-27(22)35-28/h1-20H. The number of rotatable bonds is 3. The second kappa shape index (κ2) is 8.57. The molecular weight excluding hydrogens is 480 g/mol. The molecule has 0 aliphatic carbocycles. The first-order chi connectivity index (χ1) is 19.3. The number of furan rings is 1. The highest BCUT2D eigenvalue weighted by atomic mass is 16.3. The molecule has 0 aliphatic rings. The van der Waals surface area contributed by atoms with Gasteiger partial charge in [-0.3, -0.25) is 0 Å². The highest BCUT2D eigenvalue weighted by Gasteiger charge is 2.18. The summed E-state index contributed by atoms with van der Waals surface area (Å²) in [4.78, 5) is 19.8. The summed E-state index contributed by atoms with van der Waals surface area (Å²) in [5.74, 6) is 1.70. The van der Waals surface area contributed by atoms with Crippen LogP contribution in [0.1, 0.15) is 0 Å². The normalized spacial score (nSPS) is 11.6. The van der Waals surface area contributed by atoms with Gasteiger partial charge in [0.05, 0.1) is 5.52 Å². The molecule has 39 heavy (non-hydrogen) atoms. The fourth-order valence-corrected chi connectivity index (χ4v) is 5.22. The third-order valence-electron chi connectivity index (χ3n) is 7.11. The lowest BCUT2D eigenvalue weighted by molar-refractivity contribution is 0.669. The maximum Gasteiger partial charge on any atom is 0.182 e. The molecule has 0 saturated heterocycles. The van der Waals surface area contributed by atoms with Crippen LogP contribution in [-0.2, 0) is 0 Å². The fraction of sp³-hybridized carbons (Fsp3) is 0. The number of benzene rings is 5. The Morgan fingerprint density at radius 2 is 1.18 bits per heavy atom. The highest BCUT2D eigenvalue weighted by molar-refractivity contribution is 6.11. The first kappa shape index (κ1) is 21.6. The summed E-state index contributed by atoms with van der Waals surface area (Å²) >= 11 is 0. The van der Waals surface area contributed by atoms with E-state index >= 15 is 0 Å². The van der Waals surface area contributed by atoms with Crippen LogP contribution in [0.3, 0.4) is 0 Å². The van der Waals surface area contributed by atoms with Crippen molar-refractivity contribution in [2.45, 2.75) is 0 Å². The Morgan fingerprint density at radius 3 is 2.13 bits per heavy atom. The van der Waals surface area contributed by atoms with E-state index in [4.69, 9.17) is 24.4 Å². The largest absolute Gasteiger partial charge is 0.456 e. The third kappa shape index (κ3) is 3.63. The molecule has 0 fully saturated rings. The molecule has 3 aromatic heterocycles. The number of aromatic nitrogens is 4. The minimum atomic E-state index is 0.527. The SMILES string of the molecule is c1ccc2cc(-c3nc(-c4ccc5ccccc5n4)nc(-c4cccc5oc6ccccc6c45)n3)ccc2c1. The van der Waals surface area contributed by atoms with Gasteiger partial charge in [-0.15, -0.1) is 0 Å². The molecule has 0 aliphatic heterocycles. The lowest BCUT2D eigenvalue weighted by Gasteiger charge is -2.10. The topological polar surface area (TPSA) is 64.7 Å². The molecule has 0 unspecified atom stereocenters. The van der Waals surface area contributed by atoms with Gasteiger partial charge in [-0.1, -0.05) is 91.0 Å². The maximum absolute atomic E-state index is 6.16. The van der Waals surface area contributed by atoms with E-state index in [9.17, 15) is 0 Å². The summed E-state index contributed by atoms with van der Waals surface area (Å²) in [5.41, 5.74) is 5.04. The maximum atomic E-state index is 6.16. The molecule has 0 N–H and O–H groups in total. The van der Waals surface area contributed by atoms with Crippen molar-refractivity contribution in [3.63, 3.8) is 0 Å². The van der Waals surface area contributed by atoms with Crippen molar-refractivity contribution in [1.82, 2.24) is 19.9 Å². The van der Waals surface area contributed by atoms with Crippen molar-refractivity contribution in [2.75, 3.05) is 0 Å². The van der Waals surface area contributed by atoms with Gasteiger partial charge >= 0.3 is 0 Å². The molecule has 0 radical (unpaired) electrons. The van der Waals surface area contributed by atoms with Gasteiger partial charge in [0.1, 0.15) is 16.9 Å². The molecule has 8 rings (SSSR count). The minimum absolute atomic E-state index is 0.527. The number of para-hydroxylation sites is 2. The van der Waals surface area contributed by atoms with Crippen LogP contribution in [0.25, 0.3) is 77.9 Å². The Kier molecular flexibility index (Phi) is 4.76. The predicted octanol–water partition coefficient (Wildman–Crippen LogP) is 8.47. The van der Waals surface area contributed by atoms with Gasteiger partial charge in [-0.2, -0.15) is 0 Å². The zero-order chi connectivity index (χ0) is 25.8. The van der Waals surface area contributed by atoms with Crippen LogP contribution < -0.4 is 0 Å². The summed E-state index contributed by atoms with van der Waals surface area (Å²) < 4.78 is 6.16. The first-order valence-corrected chi connectivity index (χ1v) is 12.8. The highest BCUT2D eigenvalue weighted by Crippen LogP contribution is 2.36. The van der Waals surface area contributed by atoms with Crippen molar-refractivity contribution in [2.24, 2.45) is 0 Å². The number of hydrogen-bond acceptors (Lipinski definition) is 5. The van der Waals surface area contributed by atoms with Gasteiger partial charge in [0, 0.05) is 27.3 Å². The van der Waals surface area contributed by atoms with E-state index in [0.29, 0.717) is 23.2 Å². The van der Waals surface area contributed by atoms with Gasteiger partial charge < -0.3 is 4.42 Å². The summed E-state index contributed by atoms with van der Waals surface area (Å²) in [6.45, 7) is 0. The number of nitrogens with zero attached hydrogens (tertiary/aromatic N) is 4. The van der Waals surface area contributed by atoms with Crippen LogP contribution in [0.5, 0.6) is 0 Å². The zero-order valence-corrected chi connectivity index (χ0v) is 20.7. The second-order valence-corrected chi connectivity index (χ2v) is 9.53. The average molecular weight is 501 g/mol. The first-order valence-electron chi connectivity index (χ1n) is 12.8. The van der Waals surface area contributed by atoms with Crippen LogP contribution in [0, 0.1) is 0 Å². The lowest BCUT2D eigenvalue weighted by Crippen LogP contribution is -2.01. The van der Waals surface area contributed by atoms with Gasteiger partial charge in [-0.25, -0.2) is 19.9 Å². The minimum Gasteiger partial charge on any atom is -0.456 e. The van der Waals surface area contributed by atoms with Crippen molar-refractivity contribution < 1.29 is 4.42 Å². The molecule has 8 aromatic rings. The molecular formula is C34H20N4O. The molecule has 182 valence electrons. The second-order valence-electron chi connectivity index (χ2n) is 9.53. The van der Waals surface area contributed by atoms with Crippen molar-refractivity contribution in [3.05, 3.63) is 121 Å². The van der Waals surface area contributed by atoms with Crippen molar-refractivity contribution in [3.8, 4) is 34.3 Å². The van der Waals surface area contributed by atoms with E-state index < -0.39 is 0 Å². The summed E-state index contributed by atoms with van der Waals surface area (Å²) in [6.07, 6.45) is 0. The van der Waals surface area contributed by atoms with E-state index in [2.05, 4.69) is 48.5 Å². The van der Waals surface area contributed by atoms with Crippen LogP contribution in [0.15, 0.2) is 126 Å². The molecule has 0 saturated carbocycles. The van der Waals surface area contributed by atoms with Crippen LogP contribution in [-0.4, -0.2) is 19.9 Å². The molecule has 5 heteroatoms. The number of pyridine rings is 1. The Morgan fingerprint density at radius 1 is 0.462 bits per heavy atom. The molecule has 0 amide bonds. The van der Waals surface area contributed by atoms with Crippen molar-refractivity contribution in [1.29, 1.82) is 0 Å². The van der Waals surface area contributed by atoms with E-state index in [1.165, 1.54) is 5.39 Å². The van der Waals surface area contributed by atoms with Gasteiger partial charge in [0.15, 0.2) is 17.5 Å². The smallest absolute Gasteiger partial charge is 0.182 e. The molecule has 5 nitrogen and oxygen atoms in total. The van der Waals surface area contributed by atoms with E-state index in [0.717, 1.165) is 49.4 Å². The van der Waals surface area contributed by atoms with Gasteiger partial charge in [-0.05, 0) is 41.1 Å². The van der Waals surface area contributed by atoms with Gasteiger partial charge in [0.2, 0.25) is 0 Å². The van der Waals surface area contributed by atoms with Crippen LogP contribution >= 0.6 is 0 Å². The molecule has 0 spiro atoms. The van der Waals surface area contributed by atoms with Crippen molar-refractivity contribution >= 4 is 43.6 Å². The number of hydrogen-bond donors (Lipinski definition) is 0. The molecule has 5 aromatic carbocycles. The average Bonchev–Trinajstić information content (AvgIpc) is 3.39. The number of fused-ring (bicyclic) bond motifs is 5. The summed E-state index contributed by atoms with van der Waals surface area (Å²) in [6, 6.07) is 40.7. The Labute approximate surface area is 223 Å². The van der Waals surface area contributed by atoms with Gasteiger partial charge in [0.25, 0.3) is 0 Å². The lowest BCUT2D eigenvalue weighted by atomic mass is 10.0. The monoisotopic (exact) mass is 500 g/mol.